The Kier molecular flexibility index (Phi) is 4.84. The van der Waals surface area contributed by atoms with E-state index in [1.54, 1.807) is 12.1 Å². The van der Waals surface area contributed by atoms with E-state index < -0.39 is 5.91 Å². The summed E-state index contributed by atoms with van der Waals surface area (Å²) in [5, 5.41) is 7.78. The Bertz CT molecular complexity index is 365. The fourth-order valence-corrected chi connectivity index (χ4v) is 1.46. The first-order chi connectivity index (χ1) is 8.08. The van der Waals surface area contributed by atoms with Crippen LogP contribution in [-0.4, -0.2) is 35.7 Å². The topological polar surface area (TPSA) is 98.1 Å². The highest BCUT2D eigenvalue weighted by atomic mass is 16.1. The number of primary amides is 1. The maximum Gasteiger partial charge on any atom is 0.269 e. The van der Waals surface area contributed by atoms with E-state index >= 15 is 0 Å². The monoisotopic (exact) mass is 237 g/mol. The molecule has 0 radical (unpaired) electrons. The maximum atomic E-state index is 10.9. The number of carbonyl (C=O) groups is 1. The van der Waals surface area contributed by atoms with Gasteiger partial charge in [0.25, 0.3) is 5.91 Å². The predicted molar refractivity (Wildman–Crippen MR) is 66.7 cm³/mol. The van der Waals surface area contributed by atoms with Gasteiger partial charge in [0.15, 0.2) is 11.5 Å². The molecule has 6 heteroatoms. The van der Waals surface area contributed by atoms with Crippen LogP contribution in [0.1, 0.15) is 24.3 Å². The van der Waals surface area contributed by atoms with Crippen molar-refractivity contribution in [2.45, 2.75) is 13.8 Å². The molecule has 0 saturated carbocycles. The van der Waals surface area contributed by atoms with Crippen LogP contribution in [0.2, 0.25) is 0 Å². The molecule has 0 bridgehead atoms. The van der Waals surface area contributed by atoms with E-state index in [-0.39, 0.29) is 5.69 Å². The third kappa shape index (κ3) is 3.67. The molecule has 1 aromatic rings. The molecule has 94 valence electrons. The third-order valence-electron chi connectivity index (χ3n) is 2.54. The zero-order valence-corrected chi connectivity index (χ0v) is 10.3. The maximum absolute atomic E-state index is 10.9. The number of rotatable bonds is 6. The van der Waals surface area contributed by atoms with Crippen LogP contribution in [0, 0.1) is 5.92 Å². The van der Waals surface area contributed by atoms with Crippen LogP contribution < -0.4 is 16.4 Å². The van der Waals surface area contributed by atoms with E-state index in [0.717, 1.165) is 18.9 Å². The molecule has 0 aliphatic rings. The van der Waals surface area contributed by atoms with E-state index in [2.05, 4.69) is 22.0 Å². The van der Waals surface area contributed by atoms with Crippen LogP contribution in [-0.2, 0) is 0 Å². The third-order valence-corrected chi connectivity index (χ3v) is 2.54. The van der Waals surface area contributed by atoms with Crippen LogP contribution in [0.15, 0.2) is 12.1 Å². The minimum absolute atomic E-state index is 0.177. The number of aromatic nitrogens is 2. The number of anilines is 1. The Labute approximate surface area is 101 Å². The molecule has 1 atom stereocenters. The molecule has 0 aliphatic carbocycles. The predicted octanol–water partition coefficient (Wildman–Crippen LogP) is -0.00340. The van der Waals surface area contributed by atoms with E-state index in [0.29, 0.717) is 12.5 Å². The average molecular weight is 237 g/mol. The summed E-state index contributed by atoms with van der Waals surface area (Å²) in [5.74, 6) is 0.549. The van der Waals surface area contributed by atoms with Crippen molar-refractivity contribution in [3.63, 3.8) is 0 Å². The van der Waals surface area contributed by atoms with Gasteiger partial charge in [0.05, 0.1) is 0 Å². The van der Waals surface area contributed by atoms with E-state index in [9.17, 15) is 4.79 Å². The molecule has 0 aliphatic heterocycles. The molecule has 0 aromatic carbocycles. The Balaban J connectivity index is 2.78. The number of nitrogens with zero attached hydrogens (tertiary/aromatic N) is 3. The normalized spacial score (nSPS) is 12.2. The molecule has 0 spiro atoms. The molecule has 17 heavy (non-hydrogen) atoms. The lowest BCUT2D eigenvalue weighted by atomic mass is 10.1. The lowest BCUT2D eigenvalue weighted by Crippen LogP contribution is -2.32. The van der Waals surface area contributed by atoms with Gasteiger partial charge < -0.3 is 16.4 Å². The zero-order valence-electron chi connectivity index (χ0n) is 10.3. The second-order valence-corrected chi connectivity index (χ2v) is 4.02. The first kappa shape index (κ1) is 13.4. The standard InChI is InChI=1S/C11H19N5O/c1-3-16(7-8(2)6-12)10-5-4-9(11(13)17)14-15-10/h4-5,8H,3,6-7,12H2,1-2H3,(H2,13,17). The second-order valence-electron chi connectivity index (χ2n) is 4.02. The van der Waals surface area contributed by atoms with Crippen molar-refractivity contribution < 1.29 is 4.79 Å². The number of hydrogen-bond donors (Lipinski definition) is 2. The summed E-state index contributed by atoms with van der Waals surface area (Å²) >= 11 is 0. The second kappa shape index (κ2) is 6.15. The molecule has 1 aromatic heterocycles. The van der Waals surface area contributed by atoms with E-state index in [1.807, 2.05) is 6.92 Å². The Hall–Kier alpha value is -1.69. The number of amides is 1. The summed E-state index contributed by atoms with van der Waals surface area (Å²) in [6.45, 7) is 6.37. The van der Waals surface area contributed by atoms with E-state index in [4.69, 9.17) is 11.5 Å². The molecule has 0 saturated heterocycles. The molecule has 6 nitrogen and oxygen atoms in total. The summed E-state index contributed by atoms with van der Waals surface area (Å²) in [5.41, 5.74) is 10.9. The van der Waals surface area contributed by atoms with Gasteiger partial charge in [-0.15, -0.1) is 10.2 Å². The van der Waals surface area contributed by atoms with Crippen molar-refractivity contribution in [2.75, 3.05) is 24.5 Å². The smallest absolute Gasteiger partial charge is 0.269 e. The van der Waals surface area contributed by atoms with Crippen LogP contribution in [0.25, 0.3) is 0 Å². The highest BCUT2D eigenvalue weighted by Gasteiger charge is 2.11. The number of carbonyl (C=O) groups excluding carboxylic acids is 1. The lowest BCUT2D eigenvalue weighted by molar-refractivity contribution is 0.0994. The van der Waals surface area contributed by atoms with Gasteiger partial charge in [-0.1, -0.05) is 6.92 Å². The van der Waals surface area contributed by atoms with Crippen molar-refractivity contribution in [1.82, 2.24) is 10.2 Å². The van der Waals surface area contributed by atoms with Gasteiger partial charge in [-0.2, -0.15) is 0 Å². The Morgan fingerprint density at radius 3 is 2.59 bits per heavy atom. The molecule has 4 N–H and O–H groups in total. The first-order valence-corrected chi connectivity index (χ1v) is 5.67. The van der Waals surface area contributed by atoms with Gasteiger partial charge in [0, 0.05) is 13.1 Å². The fraction of sp³-hybridized carbons (Fsp3) is 0.545. The summed E-state index contributed by atoms with van der Waals surface area (Å²) < 4.78 is 0. The summed E-state index contributed by atoms with van der Waals surface area (Å²) in [6, 6.07) is 3.33. The van der Waals surface area contributed by atoms with Gasteiger partial charge in [-0.3, -0.25) is 4.79 Å². The van der Waals surface area contributed by atoms with Crippen LogP contribution in [0.3, 0.4) is 0 Å². The summed E-state index contributed by atoms with van der Waals surface area (Å²) in [6.07, 6.45) is 0. The van der Waals surface area contributed by atoms with Gasteiger partial charge in [0.2, 0.25) is 0 Å². The SMILES string of the molecule is CCN(CC(C)CN)c1ccc(C(N)=O)nn1. The van der Waals surface area contributed by atoms with Crippen molar-refractivity contribution in [2.24, 2.45) is 17.4 Å². The molecule has 0 fully saturated rings. The van der Waals surface area contributed by atoms with Gasteiger partial charge >= 0.3 is 0 Å². The van der Waals surface area contributed by atoms with Crippen LogP contribution >= 0.6 is 0 Å². The van der Waals surface area contributed by atoms with Crippen LogP contribution in [0.5, 0.6) is 0 Å². The van der Waals surface area contributed by atoms with Gasteiger partial charge in [-0.05, 0) is 31.5 Å². The molecule has 1 unspecified atom stereocenters. The van der Waals surface area contributed by atoms with E-state index in [1.165, 1.54) is 0 Å². The van der Waals surface area contributed by atoms with Crippen molar-refractivity contribution in [3.05, 3.63) is 17.8 Å². The molecular formula is C11H19N5O. The molecule has 1 rings (SSSR count). The van der Waals surface area contributed by atoms with Crippen LogP contribution in [0.4, 0.5) is 5.82 Å². The quantitative estimate of drug-likeness (QED) is 0.725. The Morgan fingerprint density at radius 1 is 1.47 bits per heavy atom. The summed E-state index contributed by atoms with van der Waals surface area (Å²) in [4.78, 5) is 12.9. The molecule has 1 amide bonds. The molecular weight excluding hydrogens is 218 g/mol. The number of hydrogen-bond acceptors (Lipinski definition) is 5. The van der Waals surface area contributed by atoms with Crippen molar-refractivity contribution >= 4 is 11.7 Å². The highest BCUT2D eigenvalue weighted by molar-refractivity contribution is 5.90. The van der Waals surface area contributed by atoms with Crippen molar-refractivity contribution in [3.8, 4) is 0 Å². The summed E-state index contributed by atoms with van der Waals surface area (Å²) in [7, 11) is 0. The lowest BCUT2D eigenvalue weighted by Gasteiger charge is -2.24. The minimum Gasteiger partial charge on any atom is -0.364 e. The minimum atomic E-state index is -0.567. The number of nitrogens with two attached hydrogens (primary N) is 2. The van der Waals surface area contributed by atoms with Crippen molar-refractivity contribution in [1.29, 1.82) is 0 Å². The Morgan fingerprint density at radius 2 is 2.18 bits per heavy atom. The van der Waals surface area contributed by atoms with Gasteiger partial charge in [-0.25, -0.2) is 0 Å². The zero-order chi connectivity index (χ0) is 12.8. The first-order valence-electron chi connectivity index (χ1n) is 5.67. The molecule has 1 heterocycles. The highest BCUT2D eigenvalue weighted by Crippen LogP contribution is 2.11. The average Bonchev–Trinajstić information content (AvgIpc) is 2.35. The fourth-order valence-electron chi connectivity index (χ4n) is 1.46. The largest absolute Gasteiger partial charge is 0.364 e. The van der Waals surface area contributed by atoms with Gasteiger partial charge in [0.1, 0.15) is 0 Å².